The summed E-state index contributed by atoms with van der Waals surface area (Å²) in [6, 6.07) is 0. The topological polar surface area (TPSA) is 151 Å². The Morgan fingerprint density at radius 3 is 2.71 bits per heavy atom. The van der Waals surface area contributed by atoms with Gasteiger partial charge in [0.25, 0.3) is 12.0 Å². The highest BCUT2D eigenvalue weighted by atomic mass is 16.6. The number of carbonyl (C=O) groups excluding carboxylic acids is 1. The third kappa shape index (κ3) is 2.38. The first-order valence-electron chi connectivity index (χ1n) is 5.96. The van der Waals surface area contributed by atoms with Crippen LogP contribution >= 0.6 is 0 Å². The zero-order valence-corrected chi connectivity index (χ0v) is 10.9. The molecule has 4 N–H and O–H groups in total. The van der Waals surface area contributed by atoms with Crippen LogP contribution in [0.1, 0.15) is 6.92 Å². The molecule has 1 aliphatic rings. The van der Waals surface area contributed by atoms with Crippen LogP contribution in [0.25, 0.3) is 0 Å². The summed E-state index contributed by atoms with van der Waals surface area (Å²) in [4.78, 5) is 35.5. The van der Waals surface area contributed by atoms with Crippen molar-refractivity contribution in [3.05, 3.63) is 27.0 Å². The number of rotatable bonds is 4. The van der Waals surface area contributed by atoms with Crippen LogP contribution in [0, 0.1) is 0 Å². The van der Waals surface area contributed by atoms with E-state index in [9.17, 15) is 24.6 Å². The van der Waals surface area contributed by atoms with Gasteiger partial charge < -0.3 is 24.8 Å². The van der Waals surface area contributed by atoms with Gasteiger partial charge in [-0.25, -0.2) is 4.79 Å². The molecule has 4 atom stereocenters. The summed E-state index contributed by atoms with van der Waals surface area (Å²) in [6.07, 6.45) is -3.22. The molecule has 0 unspecified atom stereocenters. The molecule has 21 heavy (non-hydrogen) atoms. The fraction of sp³-hybridized carbons (Fsp3) is 0.545. The Kier molecular flexibility index (Phi) is 3.96. The molecular formula is C11H14N2O8. The lowest BCUT2D eigenvalue weighted by Gasteiger charge is -2.29. The van der Waals surface area contributed by atoms with Gasteiger partial charge in [-0.2, -0.15) is 0 Å². The van der Waals surface area contributed by atoms with Gasteiger partial charge in [-0.3, -0.25) is 19.1 Å². The predicted molar refractivity (Wildman–Crippen MR) is 65.6 cm³/mol. The predicted octanol–water partition coefficient (Wildman–Crippen LogP) is -3.14. The number of nitrogens with one attached hydrogen (secondary N) is 1. The minimum Gasteiger partial charge on any atom is -0.421 e. The van der Waals surface area contributed by atoms with Gasteiger partial charge in [-0.1, -0.05) is 0 Å². The van der Waals surface area contributed by atoms with Crippen molar-refractivity contribution in [2.45, 2.75) is 31.0 Å². The lowest BCUT2D eigenvalue weighted by Crippen LogP contribution is -2.49. The maximum absolute atomic E-state index is 11.9. The van der Waals surface area contributed by atoms with Crippen molar-refractivity contribution >= 4 is 6.47 Å². The second-order valence-electron chi connectivity index (χ2n) is 4.67. The van der Waals surface area contributed by atoms with Crippen molar-refractivity contribution in [1.29, 1.82) is 0 Å². The van der Waals surface area contributed by atoms with Crippen LogP contribution in [0.5, 0.6) is 5.75 Å². The maximum atomic E-state index is 11.9. The number of hydrogen-bond acceptors (Lipinski definition) is 8. The van der Waals surface area contributed by atoms with Crippen molar-refractivity contribution in [2.24, 2.45) is 0 Å². The molecule has 10 nitrogen and oxygen atoms in total. The van der Waals surface area contributed by atoms with Crippen molar-refractivity contribution in [3.63, 3.8) is 0 Å². The standard InChI is InChI=1S/C11H14N2O8/c1-11(8(17)7(16)6(3-14)21-11)13-2-5(20-4-15)9(18)12-10(13)19/h2,4,6-8,14,16-17H,3H2,1H3,(H,12,18,19)/t6-,7-,8-,11-/m1/s1. The van der Waals surface area contributed by atoms with Gasteiger partial charge in [0.1, 0.15) is 18.3 Å². The molecular weight excluding hydrogens is 288 g/mol. The molecule has 1 saturated heterocycles. The lowest BCUT2D eigenvalue weighted by atomic mass is 10.0. The minimum atomic E-state index is -1.75. The number of aromatic amines is 1. The Bertz CT molecular complexity index is 652. The van der Waals surface area contributed by atoms with Gasteiger partial charge in [0.15, 0.2) is 5.72 Å². The molecule has 1 aromatic rings. The molecule has 2 rings (SSSR count). The Labute approximate surface area is 117 Å². The van der Waals surface area contributed by atoms with Crippen LogP contribution in [-0.2, 0) is 15.3 Å². The molecule has 0 aliphatic carbocycles. The average molecular weight is 302 g/mol. The number of aliphatic hydroxyl groups is 3. The lowest BCUT2D eigenvalue weighted by molar-refractivity contribution is -0.137. The van der Waals surface area contributed by atoms with E-state index in [1.165, 1.54) is 6.92 Å². The van der Waals surface area contributed by atoms with E-state index in [0.29, 0.717) is 0 Å². The second-order valence-corrected chi connectivity index (χ2v) is 4.67. The Morgan fingerprint density at radius 1 is 1.52 bits per heavy atom. The molecule has 1 aliphatic heterocycles. The van der Waals surface area contributed by atoms with Gasteiger partial charge >= 0.3 is 5.69 Å². The number of ether oxygens (including phenoxy) is 2. The largest absolute Gasteiger partial charge is 0.421 e. The zero-order chi connectivity index (χ0) is 15.8. The van der Waals surface area contributed by atoms with Crippen molar-refractivity contribution in [3.8, 4) is 5.75 Å². The molecule has 0 radical (unpaired) electrons. The van der Waals surface area contributed by atoms with Crippen LogP contribution in [-0.4, -0.2) is 56.3 Å². The van der Waals surface area contributed by atoms with Crippen LogP contribution < -0.4 is 16.0 Å². The van der Waals surface area contributed by atoms with E-state index in [2.05, 4.69) is 4.74 Å². The van der Waals surface area contributed by atoms with Gasteiger partial charge in [-0.15, -0.1) is 0 Å². The number of aromatic nitrogens is 2. The molecule has 116 valence electrons. The third-order valence-electron chi connectivity index (χ3n) is 3.39. The van der Waals surface area contributed by atoms with Crippen LogP contribution in [0.4, 0.5) is 0 Å². The highest BCUT2D eigenvalue weighted by Crippen LogP contribution is 2.34. The van der Waals surface area contributed by atoms with E-state index in [4.69, 9.17) is 9.84 Å². The summed E-state index contributed by atoms with van der Waals surface area (Å²) in [7, 11) is 0. The van der Waals surface area contributed by atoms with Gasteiger partial charge in [-0.05, 0) is 6.92 Å². The molecule has 10 heteroatoms. The van der Waals surface area contributed by atoms with E-state index >= 15 is 0 Å². The molecule has 0 saturated carbocycles. The molecule has 0 amide bonds. The summed E-state index contributed by atoms with van der Waals surface area (Å²) < 4.78 is 10.5. The molecule has 0 spiro atoms. The van der Waals surface area contributed by atoms with E-state index in [1.807, 2.05) is 4.98 Å². The Balaban J connectivity index is 2.55. The second kappa shape index (κ2) is 5.41. The molecule has 0 aromatic carbocycles. The van der Waals surface area contributed by atoms with Crippen LogP contribution in [0.15, 0.2) is 15.8 Å². The SMILES string of the molecule is C[C@@]1(n2cc(OC=O)c(=O)[nH]c2=O)O[C@H](CO)[C@@H](O)[C@H]1O. The van der Waals surface area contributed by atoms with E-state index in [1.54, 1.807) is 0 Å². The van der Waals surface area contributed by atoms with E-state index < -0.39 is 47.6 Å². The molecule has 1 fully saturated rings. The van der Waals surface area contributed by atoms with E-state index in [0.717, 1.165) is 10.8 Å². The Hall–Kier alpha value is -2.01. The number of aliphatic hydroxyl groups excluding tert-OH is 3. The van der Waals surface area contributed by atoms with Crippen LogP contribution in [0.2, 0.25) is 0 Å². The average Bonchev–Trinajstić information content (AvgIpc) is 2.67. The summed E-state index contributed by atoms with van der Waals surface area (Å²) in [5, 5.41) is 28.9. The van der Waals surface area contributed by atoms with Gasteiger partial charge in [0.05, 0.1) is 12.8 Å². The van der Waals surface area contributed by atoms with Crippen LogP contribution in [0.3, 0.4) is 0 Å². The maximum Gasteiger partial charge on any atom is 0.330 e. The first-order chi connectivity index (χ1) is 9.85. The highest BCUT2D eigenvalue weighted by Gasteiger charge is 2.52. The number of hydrogen-bond donors (Lipinski definition) is 4. The van der Waals surface area contributed by atoms with Gasteiger partial charge in [0.2, 0.25) is 5.75 Å². The fourth-order valence-corrected chi connectivity index (χ4v) is 2.23. The first-order valence-corrected chi connectivity index (χ1v) is 5.96. The normalized spacial score (nSPS) is 32.1. The summed E-state index contributed by atoms with van der Waals surface area (Å²) in [5.41, 5.74) is -3.63. The molecule has 2 heterocycles. The quantitative estimate of drug-likeness (QED) is 0.426. The van der Waals surface area contributed by atoms with Gasteiger partial charge in [0, 0.05) is 0 Å². The molecule has 0 bridgehead atoms. The number of nitrogens with zero attached hydrogens (tertiary/aromatic N) is 1. The fourth-order valence-electron chi connectivity index (χ4n) is 2.23. The number of H-pyrrole nitrogens is 1. The van der Waals surface area contributed by atoms with Crippen molar-refractivity contribution < 1.29 is 29.6 Å². The zero-order valence-electron chi connectivity index (χ0n) is 10.9. The molecule has 1 aromatic heterocycles. The summed E-state index contributed by atoms with van der Waals surface area (Å²) in [5.74, 6) is -0.483. The van der Waals surface area contributed by atoms with Crippen molar-refractivity contribution in [2.75, 3.05) is 6.61 Å². The summed E-state index contributed by atoms with van der Waals surface area (Å²) in [6.45, 7) is 0.698. The minimum absolute atomic E-state index is 0.000961. The Morgan fingerprint density at radius 2 is 2.19 bits per heavy atom. The third-order valence-corrected chi connectivity index (χ3v) is 3.39. The monoisotopic (exact) mass is 302 g/mol. The first kappa shape index (κ1) is 15.4. The van der Waals surface area contributed by atoms with E-state index in [-0.39, 0.29) is 6.47 Å². The smallest absolute Gasteiger partial charge is 0.330 e. The number of carbonyl (C=O) groups is 1. The highest BCUT2D eigenvalue weighted by molar-refractivity contribution is 5.43. The van der Waals surface area contributed by atoms with Crippen molar-refractivity contribution in [1.82, 2.24) is 9.55 Å². The summed E-state index contributed by atoms with van der Waals surface area (Å²) >= 11 is 0.